The summed E-state index contributed by atoms with van der Waals surface area (Å²) in [5.41, 5.74) is 5.02. The second-order valence-electron chi connectivity index (χ2n) is 6.12. The second-order valence-corrected chi connectivity index (χ2v) is 7.98. The smallest absolute Gasteiger partial charge is 0.210 e. The van der Waals surface area contributed by atoms with Crippen molar-refractivity contribution in [3.8, 4) is 22.8 Å². The predicted octanol–water partition coefficient (Wildman–Crippen LogP) is 4.41. The number of H-pyrrole nitrogens is 1. The van der Waals surface area contributed by atoms with Crippen molar-refractivity contribution in [2.45, 2.75) is 17.8 Å². The first kappa shape index (κ1) is 17.8. The van der Waals surface area contributed by atoms with Crippen LogP contribution < -0.4 is 5.84 Å². The highest BCUT2D eigenvalue weighted by atomic mass is 79.9. The Bertz CT molecular complexity index is 1050. The molecule has 2 heterocycles. The van der Waals surface area contributed by atoms with Crippen LogP contribution in [-0.4, -0.2) is 25.1 Å². The molecule has 0 bridgehead atoms. The van der Waals surface area contributed by atoms with Crippen LogP contribution in [-0.2, 0) is 5.75 Å². The number of aryl methyl sites for hydroxylation is 1. The fraction of sp³-hybridized carbons (Fsp3) is 0.105. The molecule has 27 heavy (non-hydrogen) atoms. The van der Waals surface area contributed by atoms with Gasteiger partial charge in [0.15, 0.2) is 0 Å². The molecule has 4 rings (SSSR count). The average molecular weight is 441 g/mol. The molecule has 0 unspecified atom stereocenters. The van der Waals surface area contributed by atoms with E-state index in [1.54, 1.807) is 11.8 Å². The van der Waals surface area contributed by atoms with Crippen molar-refractivity contribution in [1.82, 2.24) is 25.1 Å². The topological polar surface area (TPSA) is 85.4 Å². The maximum absolute atomic E-state index is 6.21. The lowest BCUT2D eigenvalue weighted by Gasteiger charge is -2.03. The monoisotopic (exact) mass is 440 g/mol. The van der Waals surface area contributed by atoms with Crippen LogP contribution in [0.1, 0.15) is 11.1 Å². The molecule has 8 heteroatoms. The van der Waals surface area contributed by atoms with Crippen LogP contribution in [0.15, 0.2) is 64.2 Å². The number of aromatic amines is 1. The molecule has 2 aromatic carbocycles. The molecule has 0 spiro atoms. The number of nitrogens with one attached hydrogen (secondary N) is 1. The molecule has 3 N–H and O–H groups in total. The van der Waals surface area contributed by atoms with Crippen molar-refractivity contribution in [3.63, 3.8) is 0 Å². The van der Waals surface area contributed by atoms with E-state index in [4.69, 9.17) is 5.84 Å². The van der Waals surface area contributed by atoms with Crippen molar-refractivity contribution in [2.75, 3.05) is 5.84 Å². The number of benzene rings is 2. The maximum atomic E-state index is 6.21. The lowest BCUT2D eigenvalue weighted by molar-refractivity contribution is 0.847. The Balaban J connectivity index is 1.52. The molecule has 6 nitrogen and oxygen atoms in total. The molecule has 136 valence electrons. The Morgan fingerprint density at radius 1 is 1.07 bits per heavy atom. The Morgan fingerprint density at radius 3 is 2.56 bits per heavy atom. The molecular formula is C19H17BrN6S. The van der Waals surface area contributed by atoms with Gasteiger partial charge < -0.3 is 5.84 Å². The van der Waals surface area contributed by atoms with Crippen molar-refractivity contribution < 1.29 is 0 Å². The summed E-state index contributed by atoms with van der Waals surface area (Å²) < 4.78 is 2.56. The van der Waals surface area contributed by atoms with Gasteiger partial charge in [0.05, 0.1) is 5.69 Å². The fourth-order valence-corrected chi connectivity index (χ4v) is 3.67. The lowest BCUT2D eigenvalue weighted by atomic mass is 10.1. The van der Waals surface area contributed by atoms with Crippen LogP contribution >= 0.6 is 27.7 Å². The highest BCUT2D eigenvalue weighted by molar-refractivity contribution is 9.10. The zero-order valence-corrected chi connectivity index (χ0v) is 17.0. The quantitative estimate of drug-likeness (QED) is 0.354. The molecule has 0 amide bonds. The standard InChI is InChI=1S/C19H17BrN6S/c1-12-2-6-14(7-3-12)16-10-17(23-22-16)18-24-25-19(26(18)21)27-11-13-4-8-15(20)9-5-13/h2-10H,11,21H2,1H3,(H,22,23). The first-order valence-electron chi connectivity index (χ1n) is 8.31. The van der Waals surface area contributed by atoms with Crippen LogP contribution in [0.2, 0.25) is 0 Å². The Morgan fingerprint density at radius 2 is 1.81 bits per heavy atom. The van der Waals surface area contributed by atoms with Gasteiger partial charge >= 0.3 is 0 Å². The van der Waals surface area contributed by atoms with Crippen LogP contribution in [0.4, 0.5) is 0 Å². The van der Waals surface area contributed by atoms with Gasteiger partial charge in [-0.25, -0.2) is 4.68 Å². The van der Waals surface area contributed by atoms with Crippen molar-refractivity contribution in [1.29, 1.82) is 0 Å². The van der Waals surface area contributed by atoms with Gasteiger partial charge in [0.25, 0.3) is 0 Å². The number of nitrogen functional groups attached to an aromatic ring is 1. The number of hydrogen-bond acceptors (Lipinski definition) is 5. The number of thioether (sulfide) groups is 1. The van der Waals surface area contributed by atoms with Gasteiger partial charge in [-0.2, -0.15) is 5.10 Å². The molecule has 0 aliphatic heterocycles. The number of rotatable bonds is 5. The van der Waals surface area contributed by atoms with Gasteiger partial charge in [-0.1, -0.05) is 69.7 Å². The molecule has 0 atom stereocenters. The van der Waals surface area contributed by atoms with Crippen LogP contribution in [0, 0.1) is 6.92 Å². The summed E-state index contributed by atoms with van der Waals surface area (Å²) >= 11 is 4.98. The highest BCUT2D eigenvalue weighted by Gasteiger charge is 2.15. The molecule has 0 saturated heterocycles. The van der Waals surface area contributed by atoms with E-state index in [0.717, 1.165) is 27.2 Å². The van der Waals surface area contributed by atoms with Crippen LogP contribution in [0.3, 0.4) is 0 Å². The van der Waals surface area contributed by atoms with E-state index in [9.17, 15) is 0 Å². The zero-order valence-electron chi connectivity index (χ0n) is 14.6. The summed E-state index contributed by atoms with van der Waals surface area (Å²) in [5.74, 6) is 7.53. The largest absolute Gasteiger partial charge is 0.335 e. The molecule has 2 aromatic heterocycles. The SMILES string of the molecule is Cc1ccc(-c2cc(-c3nnc(SCc4ccc(Br)cc4)n3N)[nH]n2)cc1. The highest BCUT2D eigenvalue weighted by Crippen LogP contribution is 2.26. The minimum Gasteiger partial charge on any atom is -0.335 e. The molecular weight excluding hydrogens is 424 g/mol. The molecule has 0 radical (unpaired) electrons. The van der Waals surface area contributed by atoms with E-state index in [0.29, 0.717) is 11.0 Å². The molecule has 0 aliphatic carbocycles. The van der Waals surface area contributed by atoms with E-state index in [1.165, 1.54) is 15.8 Å². The van der Waals surface area contributed by atoms with Crippen molar-refractivity contribution >= 4 is 27.7 Å². The fourth-order valence-electron chi connectivity index (χ4n) is 2.60. The van der Waals surface area contributed by atoms with E-state index < -0.39 is 0 Å². The van der Waals surface area contributed by atoms with Crippen molar-refractivity contribution in [3.05, 3.63) is 70.2 Å². The Kier molecular flexibility index (Phi) is 5.00. The van der Waals surface area contributed by atoms with Gasteiger partial charge in [0, 0.05) is 15.8 Å². The normalized spacial score (nSPS) is 11.0. The van der Waals surface area contributed by atoms with E-state index in [-0.39, 0.29) is 0 Å². The number of halogens is 1. The summed E-state index contributed by atoms with van der Waals surface area (Å²) in [6.07, 6.45) is 0. The third-order valence-electron chi connectivity index (χ3n) is 4.11. The lowest BCUT2D eigenvalue weighted by Crippen LogP contribution is -2.11. The summed E-state index contributed by atoms with van der Waals surface area (Å²) in [7, 11) is 0. The Labute approximate surface area is 169 Å². The molecule has 0 saturated carbocycles. The minimum atomic E-state index is 0.555. The molecule has 4 aromatic rings. The first-order chi connectivity index (χ1) is 13.1. The van der Waals surface area contributed by atoms with E-state index in [1.807, 2.05) is 30.3 Å². The summed E-state index contributed by atoms with van der Waals surface area (Å²) in [6, 6.07) is 18.3. The van der Waals surface area contributed by atoms with Crippen LogP contribution in [0.25, 0.3) is 22.8 Å². The summed E-state index contributed by atoms with van der Waals surface area (Å²) in [5, 5.41) is 16.5. The second kappa shape index (κ2) is 7.58. The molecule has 0 aliphatic rings. The van der Waals surface area contributed by atoms with Gasteiger partial charge in [-0.3, -0.25) is 5.10 Å². The van der Waals surface area contributed by atoms with Gasteiger partial charge in [0.2, 0.25) is 11.0 Å². The number of aromatic nitrogens is 5. The Hall–Kier alpha value is -2.58. The van der Waals surface area contributed by atoms with Crippen molar-refractivity contribution in [2.24, 2.45) is 0 Å². The van der Waals surface area contributed by atoms with Gasteiger partial charge in [-0.15, -0.1) is 10.2 Å². The van der Waals surface area contributed by atoms with E-state index >= 15 is 0 Å². The summed E-state index contributed by atoms with van der Waals surface area (Å²) in [4.78, 5) is 0. The number of nitrogens with two attached hydrogens (primary N) is 1. The first-order valence-corrected chi connectivity index (χ1v) is 10.1. The van der Waals surface area contributed by atoms with E-state index in [2.05, 4.69) is 67.5 Å². The summed E-state index contributed by atoms with van der Waals surface area (Å²) in [6.45, 7) is 2.06. The third kappa shape index (κ3) is 3.91. The number of nitrogens with zero attached hydrogens (tertiary/aromatic N) is 4. The predicted molar refractivity (Wildman–Crippen MR) is 112 cm³/mol. The van der Waals surface area contributed by atoms with Gasteiger partial charge in [-0.05, 0) is 30.7 Å². The zero-order chi connectivity index (χ0) is 18.8. The average Bonchev–Trinajstić information content (AvgIpc) is 3.29. The van der Waals surface area contributed by atoms with Gasteiger partial charge in [0.1, 0.15) is 5.69 Å². The number of hydrogen-bond donors (Lipinski definition) is 2. The maximum Gasteiger partial charge on any atom is 0.210 e. The third-order valence-corrected chi connectivity index (χ3v) is 5.65. The molecule has 0 fully saturated rings. The van der Waals surface area contributed by atoms with Crippen LogP contribution in [0.5, 0.6) is 0 Å². The minimum absolute atomic E-state index is 0.555.